The third-order valence-corrected chi connectivity index (χ3v) is 3.85. The van der Waals surface area contributed by atoms with Gasteiger partial charge in [0.2, 0.25) is 0 Å². The van der Waals surface area contributed by atoms with Crippen molar-refractivity contribution in [2.24, 2.45) is 5.92 Å². The van der Waals surface area contributed by atoms with Gasteiger partial charge in [-0.1, -0.05) is 25.4 Å². The smallest absolute Gasteiger partial charge is 0.256 e. The largest absolute Gasteiger partial charge is 0.381 e. The first-order valence-corrected chi connectivity index (χ1v) is 8.65. The summed E-state index contributed by atoms with van der Waals surface area (Å²) in [6.07, 6.45) is 0.723. The highest BCUT2D eigenvalue weighted by Crippen LogP contribution is 2.23. The Kier molecular flexibility index (Phi) is 6.96. The van der Waals surface area contributed by atoms with Crippen LogP contribution in [-0.4, -0.2) is 35.4 Å². The molecule has 2 aromatic rings. The molecule has 1 amide bonds. The molecule has 0 radical (unpaired) electrons. The second-order valence-electron chi connectivity index (χ2n) is 6.22. The third-order valence-electron chi connectivity index (χ3n) is 3.50. The minimum atomic E-state index is -0.346. The Bertz CT molecular complexity index is 714. The van der Waals surface area contributed by atoms with Gasteiger partial charge in [-0.3, -0.25) is 4.79 Å². The lowest BCUT2D eigenvalue weighted by atomic mass is 10.2. The van der Waals surface area contributed by atoms with E-state index in [0.29, 0.717) is 42.6 Å². The van der Waals surface area contributed by atoms with E-state index in [4.69, 9.17) is 16.3 Å². The van der Waals surface area contributed by atoms with Gasteiger partial charge in [-0.2, -0.15) is 5.10 Å². The van der Waals surface area contributed by atoms with Crippen molar-refractivity contribution >= 4 is 17.5 Å². The Morgan fingerprint density at radius 3 is 2.68 bits per heavy atom. The number of nitrogens with zero attached hydrogens (tertiary/aromatic N) is 2. The second kappa shape index (κ2) is 8.97. The first kappa shape index (κ1) is 19.4. The summed E-state index contributed by atoms with van der Waals surface area (Å²) in [5.74, 6) is -0.130. The van der Waals surface area contributed by atoms with Gasteiger partial charge in [0.25, 0.3) is 5.91 Å². The van der Waals surface area contributed by atoms with Crippen molar-refractivity contribution in [1.29, 1.82) is 0 Å². The van der Waals surface area contributed by atoms with Crippen LogP contribution in [-0.2, 0) is 4.74 Å². The summed E-state index contributed by atoms with van der Waals surface area (Å²) in [5, 5.41) is 7.32. The monoisotopic (exact) mass is 367 g/mol. The average Bonchev–Trinajstić information content (AvgIpc) is 2.86. The Hall–Kier alpha value is -1.92. The summed E-state index contributed by atoms with van der Waals surface area (Å²) in [7, 11) is 0. The number of hydrogen-bond acceptors (Lipinski definition) is 3. The Balaban J connectivity index is 1.97. The molecule has 1 aromatic carbocycles. The molecule has 0 aliphatic heterocycles. The van der Waals surface area contributed by atoms with Crippen LogP contribution in [0.5, 0.6) is 0 Å². The highest BCUT2D eigenvalue weighted by Gasteiger charge is 2.20. The lowest BCUT2D eigenvalue weighted by Gasteiger charge is -2.08. The van der Waals surface area contributed by atoms with Crippen LogP contribution in [0.3, 0.4) is 0 Å². The van der Waals surface area contributed by atoms with Crippen LogP contribution in [0.1, 0.15) is 36.3 Å². The molecule has 0 bridgehead atoms. The lowest BCUT2D eigenvalue weighted by Crippen LogP contribution is -2.26. The molecule has 7 heteroatoms. The maximum absolute atomic E-state index is 13.1. The molecule has 0 atom stereocenters. The molecule has 1 heterocycles. The fourth-order valence-electron chi connectivity index (χ4n) is 2.29. The van der Waals surface area contributed by atoms with E-state index >= 15 is 0 Å². The van der Waals surface area contributed by atoms with Crippen molar-refractivity contribution < 1.29 is 13.9 Å². The molecule has 5 nitrogen and oxygen atoms in total. The number of carbonyl (C=O) groups is 1. The molecular formula is C18H23ClFN3O2. The number of aromatic nitrogens is 2. The Morgan fingerprint density at radius 1 is 1.36 bits per heavy atom. The van der Waals surface area contributed by atoms with Crippen molar-refractivity contribution in [1.82, 2.24) is 15.1 Å². The zero-order valence-corrected chi connectivity index (χ0v) is 15.4. The van der Waals surface area contributed by atoms with Crippen LogP contribution < -0.4 is 5.32 Å². The quantitative estimate of drug-likeness (QED) is 0.722. The Morgan fingerprint density at radius 2 is 2.04 bits per heavy atom. The van der Waals surface area contributed by atoms with Gasteiger partial charge in [0.1, 0.15) is 11.0 Å². The van der Waals surface area contributed by atoms with Crippen molar-refractivity contribution in [3.8, 4) is 5.69 Å². The van der Waals surface area contributed by atoms with E-state index in [-0.39, 0.29) is 16.9 Å². The van der Waals surface area contributed by atoms with Crippen LogP contribution in [0.4, 0.5) is 4.39 Å². The van der Waals surface area contributed by atoms with E-state index < -0.39 is 0 Å². The predicted molar refractivity (Wildman–Crippen MR) is 95.9 cm³/mol. The van der Waals surface area contributed by atoms with Gasteiger partial charge in [0, 0.05) is 19.8 Å². The average molecular weight is 368 g/mol. The molecule has 2 rings (SSSR count). The molecule has 0 unspecified atom stereocenters. The van der Waals surface area contributed by atoms with E-state index in [1.54, 1.807) is 19.1 Å². The number of rotatable bonds is 8. The zero-order valence-electron chi connectivity index (χ0n) is 14.7. The van der Waals surface area contributed by atoms with E-state index in [1.807, 2.05) is 0 Å². The maximum Gasteiger partial charge on any atom is 0.256 e. The molecule has 1 N–H and O–H groups in total. The molecule has 0 fully saturated rings. The topological polar surface area (TPSA) is 56.2 Å². The molecule has 25 heavy (non-hydrogen) atoms. The summed E-state index contributed by atoms with van der Waals surface area (Å²) >= 11 is 6.32. The summed E-state index contributed by atoms with van der Waals surface area (Å²) in [6, 6.07) is 5.75. The van der Waals surface area contributed by atoms with E-state index in [9.17, 15) is 9.18 Å². The second-order valence-corrected chi connectivity index (χ2v) is 6.58. The van der Waals surface area contributed by atoms with Crippen molar-refractivity contribution in [3.05, 3.63) is 46.5 Å². The van der Waals surface area contributed by atoms with Crippen LogP contribution in [0.2, 0.25) is 5.15 Å². The van der Waals surface area contributed by atoms with Crippen LogP contribution in [0.15, 0.2) is 24.3 Å². The molecule has 0 aliphatic carbocycles. The molecule has 1 aromatic heterocycles. The van der Waals surface area contributed by atoms with Gasteiger partial charge in [-0.05, 0) is 43.5 Å². The minimum absolute atomic E-state index is 0.206. The Labute approximate surface area is 152 Å². The summed E-state index contributed by atoms with van der Waals surface area (Å²) in [4.78, 5) is 12.4. The van der Waals surface area contributed by atoms with Crippen molar-refractivity contribution in [2.75, 3.05) is 19.8 Å². The van der Waals surface area contributed by atoms with E-state index in [1.165, 1.54) is 16.8 Å². The molecular weight excluding hydrogens is 345 g/mol. The standard InChI is InChI=1S/C18H23ClFN3O2/c1-12(2)11-25-10-4-9-21-18(24)16-13(3)22-23(17(16)19)15-7-5-14(20)6-8-15/h5-8,12H,4,9-11H2,1-3H3,(H,21,24). The minimum Gasteiger partial charge on any atom is -0.381 e. The SMILES string of the molecule is Cc1nn(-c2ccc(F)cc2)c(Cl)c1C(=O)NCCCOCC(C)C. The van der Waals surface area contributed by atoms with Gasteiger partial charge in [-0.15, -0.1) is 0 Å². The molecule has 0 saturated heterocycles. The first-order chi connectivity index (χ1) is 11.9. The number of carbonyl (C=O) groups excluding carboxylic acids is 1. The highest BCUT2D eigenvalue weighted by atomic mass is 35.5. The maximum atomic E-state index is 13.1. The summed E-state index contributed by atoms with van der Waals surface area (Å²) < 4.78 is 20.0. The van der Waals surface area contributed by atoms with E-state index in [2.05, 4.69) is 24.3 Å². The lowest BCUT2D eigenvalue weighted by molar-refractivity contribution is 0.0924. The number of hydrogen-bond donors (Lipinski definition) is 1. The van der Waals surface area contributed by atoms with Crippen molar-refractivity contribution in [2.45, 2.75) is 27.2 Å². The number of ether oxygens (including phenoxy) is 1. The molecule has 0 aliphatic rings. The van der Waals surface area contributed by atoms with Crippen LogP contribution >= 0.6 is 11.6 Å². The van der Waals surface area contributed by atoms with Gasteiger partial charge in [0.15, 0.2) is 0 Å². The van der Waals surface area contributed by atoms with Gasteiger partial charge in [0.05, 0.1) is 16.9 Å². The van der Waals surface area contributed by atoms with E-state index in [0.717, 1.165) is 6.42 Å². The molecule has 0 saturated carbocycles. The fourth-order valence-corrected chi connectivity index (χ4v) is 2.65. The number of nitrogens with one attached hydrogen (secondary N) is 1. The van der Waals surface area contributed by atoms with Crippen LogP contribution in [0, 0.1) is 18.7 Å². The number of benzene rings is 1. The normalized spacial score (nSPS) is 11.1. The summed E-state index contributed by atoms with van der Waals surface area (Å²) in [5.41, 5.74) is 1.44. The fraction of sp³-hybridized carbons (Fsp3) is 0.444. The molecule has 0 spiro atoms. The predicted octanol–water partition coefficient (Wildman–Crippen LogP) is 3.77. The van der Waals surface area contributed by atoms with Crippen LogP contribution in [0.25, 0.3) is 5.69 Å². The summed E-state index contributed by atoms with van der Waals surface area (Å²) in [6.45, 7) is 7.70. The first-order valence-electron chi connectivity index (χ1n) is 8.27. The van der Waals surface area contributed by atoms with Gasteiger partial charge in [-0.25, -0.2) is 9.07 Å². The number of halogens is 2. The number of aryl methyl sites for hydroxylation is 1. The zero-order chi connectivity index (χ0) is 18.4. The van der Waals surface area contributed by atoms with Crippen molar-refractivity contribution in [3.63, 3.8) is 0 Å². The van der Waals surface area contributed by atoms with Gasteiger partial charge >= 0.3 is 0 Å². The molecule has 136 valence electrons. The highest BCUT2D eigenvalue weighted by molar-refractivity contribution is 6.33. The number of amides is 1. The van der Waals surface area contributed by atoms with Gasteiger partial charge < -0.3 is 10.1 Å². The third kappa shape index (κ3) is 5.28.